The van der Waals surface area contributed by atoms with E-state index in [1.807, 2.05) is 0 Å². The summed E-state index contributed by atoms with van der Waals surface area (Å²) in [5.41, 5.74) is 0. The summed E-state index contributed by atoms with van der Waals surface area (Å²) < 4.78 is 15.6. The number of hydrogen-bond acceptors (Lipinski definition) is 7. The van der Waals surface area contributed by atoms with E-state index in [0.717, 1.165) is 6.42 Å². The molecule has 3 rings (SSSR count). The van der Waals surface area contributed by atoms with Gasteiger partial charge in [-0.1, -0.05) is 5.06 Å². The van der Waals surface area contributed by atoms with Crippen molar-refractivity contribution in [3.8, 4) is 0 Å². The van der Waals surface area contributed by atoms with Crippen LogP contribution in [0.25, 0.3) is 0 Å². The highest BCUT2D eigenvalue weighted by atomic mass is 16.9. The lowest BCUT2D eigenvalue weighted by Gasteiger charge is -2.18. The van der Waals surface area contributed by atoms with Crippen molar-refractivity contribution < 1.29 is 33.4 Å². The van der Waals surface area contributed by atoms with Gasteiger partial charge in [-0.25, -0.2) is 4.79 Å². The van der Waals surface area contributed by atoms with Gasteiger partial charge in [0, 0.05) is 19.4 Å². The summed E-state index contributed by atoms with van der Waals surface area (Å²) in [5.74, 6) is -1.11. The fourth-order valence-corrected chi connectivity index (χ4v) is 2.43. The first-order chi connectivity index (χ1) is 9.15. The number of hydroxylamine groups is 2. The number of rotatable bonds is 2. The summed E-state index contributed by atoms with van der Waals surface area (Å²) in [6.07, 6.45) is -1.08. The Kier molecular flexibility index (Phi) is 3.11. The molecule has 3 fully saturated rings. The maximum Gasteiger partial charge on any atom is 0.536 e. The monoisotopic (exact) mass is 271 g/mol. The number of carbonyl (C=O) groups is 3. The molecular weight excluding hydrogens is 258 g/mol. The smallest absolute Gasteiger partial charge is 0.402 e. The molecule has 2 amide bonds. The molecule has 3 aliphatic heterocycles. The molecule has 3 saturated heterocycles. The van der Waals surface area contributed by atoms with Crippen molar-refractivity contribution in [2.75, 3.05) is 13.2 Å². The Labute approximate surface area is 108 Å². The molecule has 0 bridgehead atoms. The molecule has 3 atom stereocenters. The van der Waals surface area contributed by atoms with Crippen LogP contribution in [0.1, 0.15) is 19.3 Å². The van der Waals surface area contributed by atoms with Crippen LogP contribution in [0.3, 0.4) is 0 Å². The lowest BCUT2D eigenvalue weighted by atomic mass is 10.0. The van der Waals surface area contributed by atoms with Crippen molar-refractivity contribution in [3.63, 3.8) is 0 Å². The van der Waals surface area contributed by atoms with Crippen molar-refractivity contribution in [2.45, 2.75) is 31.7 Å². The summed E-state index contributed by atoms with van der Waals surface area (Å²) in [5, 5.41) is 0.444. The van der Waals surface area contributed by atoms with Gasteiger partial charge >= 0.3 is 6.16 Å². The minimum Gasteiger partial charge on any atom is -0.402 e. The standard InChI is InChI=1S/C11H13NO7/c13-8-1-2-9(14)12(8)19-11(15)18-10-6-3-4-16-7(6)5-17-10/h6-7,10H,1-5H2/t6-,7-,10-/m1/s1. The van der Waals surface area contributed by atoms with Gasteiger partial charge in [-0.05, 0) is 6.42 Å². The first-order valence-electron chi connectivity index (χ1n) is 6.13. The molecule has 3 heterocycles. The number of nitrogens with zero attached hydrogens (tertiary/aromatic N) is 1. The molecule has 0 aromatic carbocycles. The van der Waals surface area contributed by atoms with E-state index >= 15 is 0 Å². The molecule has 0 unspecified atom stereocenters. The normalized spacial score (nSPS) is 33.7. The summed E-state index contributed by atoms with van der Waals surface area (Å²) in [7, 11) is 0. The van der Waals surface area contributed by atoms with Gasteiger partial charge in [-0.2, -0.15) is 0 Å². The fourth-order valence-electron chi connectivity index (χ4n) is 2.43. The maximum absolute atomic E-state index is 11.5. The molecule has 8 heteroatoms. The summed E-state index contributed by atoms with van der Waals surface area (Å²) in [4.78, 5) is 38.6. The Bertz CT molecular complexity index is 407. The highest BCUT2D eigenvalue weighted by molar-refractivity contribution is 6.01. The largest absolute Gasteiger partial charge is 0.536 e. The molecule has 0 N–H and O–H groups in total. The molecular formula is C11H13NO7. The second-order valence-corrected chi connectivity index (χ2v) is 4.60. The highest BCUT2D eigenvalue weighted by Gasteiger charge is 2.44. The van der Waals surface area contributed by atoms with Crippen molar-refractivity contribution in [2.24, 2.45) is 5.92 Å². The highest BCUT2D eigenvalue weighted by Crippen LogP contribution is 2.33. The Balaban J connectivity index is 1.54. The van der Waals surface area contributed by atoms with E-state index in [0.29, 0.717) is 18.3 Å². The number of carbonyl (C=O) groups excluding carboxylic acids is 3. The van der Waals surface area contributed by atoms with Gasteiger partial charge in [0.2, 0.25) is 6.29 Å². The van der Waals surface area contributed by atoms with Crippen LogP contribution in [-0.4, -0.2) is 48.6 Å². The van der Waals surface area contributed by atoms with Crippen LogP contribution in [0, 0.1) is 5.92 Å². The zero-order valence-electron chi connectivity index (χ0n) is 10.1. The predicted octanol–water partition coefficient (Wildman–Crippen LogP) is -0.0350. The summed E-state index contributed by atoms with van der Waals surface area (Å²) in [6, 6.07) is 0. The Hall–Kier alpha value is -1.67. The van der Waals surface area contributed by atoms with E-state index in [-0.39, 0.29) is 24.9 Å². The average molecular weight is 271 g/mol. The minimum absolute atomic E-state index is 0.0162. The zero-order chi connectivity index (χ0) is 13.4. The molecule has 8 nitrogen and oxygen atoms in total. The quantitative estimate of drug-likeness (QED) is 0.514. The number of hydrogen-bond donors (Lipinski definition) is 0. The van der Waals surface area contributed by atoms with Gasteiger partial charge in [0.1, 0.15) is 0 Å². The molecule has 0 spiro atoms. The van der Waals surface area contributed by atoms with Crippen molar-refractivity contribution in [1.29, 1.82) is 0 Å². The number of imide groups is 1. The van der Waals surface area contributed by atoms with Crippen LogP contribution in [0.2, 0.25) is 0 Å². The molecule has 0 aliphatic carbocycles. The Morgan fingerprint density at radius 3 is 2.68 bits per heavy atom. The van der Waals surface area contributed by atoms with E-state index < -0.39 is 24.3 Å². The van der Waals surface area contributed by atoms with Gasteiger partial charge in [0.05, 0.1) is 18.6 Å². The second-order valence-electron chi connectivity index (χ2n) is 4.60. The first-order valence-corrected chi connectivity index (χ1v) is 6.13. The van der Waals surface area contributed by atoms with Crippen LogP contribution < -0.4 is 0 Å². The zero-order valence-corrected chi connectivity index (χ0v) is 10.1. The van der Waals surface area contributed by atoms with E-state index in [1.54, 1.807) is 0 Å². The molecule has 19 heavy (non-hydrogen) atoms. The maximum atomic E-state index is 11.5. The van der Waals surface area contributed by atoms with Gasteiger partial charge in [0.15, 0.2) is 0 Å². The van der Waals surface area contributed by atoms with Gasteiger partial charge < -0.3 is 14.2 Å². The average Bonchev–Trinajstić information content (AvgIpc) is 3.03. The lowest BCUT2D eigenvalue weighted by Crippen LogP contribution is -2.35. The second kappa shape index (κ2) is 4.78. The topological polar surface area (TPSA) is 91.4 Å². The summed E-state index contributed by atoms with van der Waals surface area (Å²) in [6.45, 7) is 0.973. The van der Waals surface area contributed by atoms with Gasteiger partial charge in [-0.15, -0.1) is 0 Å². The summed E-state index contributed by atoms with van der Waals surface area (Å²) >= 11 is 0. The predicted molar refractivity (Wildman–Crippen MR) is 56.2 cm³/mol. The van der Waals surface area contributed by atoms with Crippen molar-refractivity contribution in [3.05, 3.63) is 0 Å². The van der Waals surface area contributed by atoms with Gasteiger partial charge in [-0.3, -0.25) is 14.4 Å². The Morgan fingerprint density at radius 2 is 1.95 bits per heavy atom. The molecule has 0 aromatic heterocycles. The third-order valence-corrected chi connectivity index (χ3v) is 3.42. The van der Waals surface area contributed by atoms with Gasteiger partial charge in [0.25, 0.3) is 11.8 Å². The van der Waals surface area contributed by atoms with E-state index in [4.69, 9.17) is 14.2 Å². The minimum atomic E-state index is -1.11. The number of fused-ring (bicyclic) bond motifs is 1. The van der Waals surface area contributed by atoms with E-state index in [9.17, 15) is 14.4 Å². The van der Waals surface area contributed by atoms with E-state index in [2.05, 4.69) is 4.84 Å². The fraction of sp³-hybridized carbons (Fsp3) is 0.727. The third kappa shape index (κ3) is 2.28. The molecule has 0 aromatic rings. The molecule has 104 valence electrons. The lowest BCUT2D eigenvalue weighted by molar-refractivity contribution is -0.187. The van der Waals surface area contributed by atoms with Crippen LogP contribution in [0.4, 0.5) is 4.79 Å². The molecule has 3 aliphatic rings. The first kappa shape index (κ1) is 12.4. The van der Waals surface area contributed by atoms with Crippen LogP contribution in [-0.2, 0) is 28.6 Å². The van der Waals surface area contributed by atoms with Crippen LogP contribution in [0.15, 0.2) is 0 Å². The molecule has 0 saturated carbocycles. The molecule has 0 radical (unpaired) electrons. The number of amides is 2. The van der Waals surface area contributed by atoms with Crippen molar-refractivity contribution >= 4 is 18.0 Å². The Morgan fingerprint density at radius 1 is 1.21 bits per heavy atom. The van der Waals surface area contributed by atoms with Crippen molar-refractivity contribution in [1.82, 2.24) is 5.06 Å². The SMILES string of the molecule is O=C(O[C@H]1OC[C@H]2OCC[C@@H]12)ON1C(=O)CCC1=O. The van der Waals surface area contributed by atoms with Crippen LogP contribution >= 0.6 is 0 Å². The number of ether oxygens (including phenoxy) is 3. The third-order valence-electron chi connectivity index (χ3n) is 3.42. The van der Waals surface area contributed by atoms with Crippen LogP contribution in [0.5, 0.6) is 0 Å². The van der Waals surface area contributed by atoms with E-state index in [1.165, 1.54) is 0 Å².